The summed E-state index contributed by atoms with van der Waals surface area (Å²) >= 11 is 0. The Morgan fingerprint density at radius 3 is 2.24 bits per heavy atom. The van der Waals surface area contributed by atoms with Gasteiger partial charge in [-0.25, -0.2) is 5.01 Å². The second-order valence-corrected chi connectivity index (χ2v) is 7.12. The molecule has 138 valence electrons. The number of amides is 1. The van der Waals surface area contributed by atoms with E-state index in [1.54, 1.807) is 13.8 Å². The van der Waals surface area contributed by atoms with Crippen molar-refractivity contribution in [2.45, 2.75) is 67.2 Å². The van der Waals surface area contributed by atoms with Gasteiger partial charge in [-0.2, -0.15) is 5.10 Å². The molecule has 1 rings (SSSR count). The molecule has 2 atom stereocenters. The molecular weight excluding hydrogens is 312 g/mol. The molecule has 4 heteroatoms. The summed E-state index contributed by atoms with van der Waals surface area (Å²) in [4.78, 5) is 25.6. The number of hydrazone groups is 1. The summed E-state index contributed by atoms with van der Waals surface area (Å²) in [6.07, 6.45) is 1.74. The highest BCUT2D eigenvalue weighted by Gasteiger charge is 2.28. The van der Waals surface area contributed by atoms with Gasteiger partial charge in [-0.3, -0.25) is 9.59 Å². The predicted molar refractivity (Wildman–Crippen MR) is 104 cm³/mol. The Morgan fingerprint density at radius 2 is 1.76 bits per heavy atom. The Morgan fingerprint density at radius 1 is 1.16 bits per heavy atom. The minimum Gasteiger partial charge on any atom is -0.283 e. The number of benzene rings is 1. The molecule has 0 N–H and O–H groups in total. The second-order valence-electron chi connectivity index (χ2n) is 7.12. The molecular formula is C21H32N2O2. The van der Waals surface area contributed by atoms with Gasteiger partial charge in [0.25, 0.3) is 5.78 Å². The van der Waals surface area contributed by atoms with E-state index in [1.165, 1.54) is 7.05 Å². The highest BCUT2D eigenvalue weighted by Crippen LogP contribution is 2.32. The summed E-state index contributed by atoms with van der Waals surface area (Å²) in [6, 6.07) is 4.08. The summed E-state index contributed by atoms with van der Waals surface area (Å²) < 4.78 is 0. The molecule has 1 amide bonds. The van der Waals surface area contributed by atoms with Crippen molar-refractivity contribution in [3.63, 3.8) is 0 Å². The molecule has 0 aromatic heterocycles. The van der Waals surface area contributed by atoms with Gasteiger partial charge < -0.3 is 0 Å². The highest BCUT2D eigenvalue weighted by molar-refractivity contribution is 6.43. The van der Waals surface area contributed by atoms with Crippen LogP contribution in [0.1, 0.15) is 80.9 Å². The average molecular weight is 344 g/mol. The van der Waals surface area contributed by atoms with E-state index in [2.05, 4.69) is 31.9 Å². The number of carbonyl (C=O) groups excluding carboxylic acids is 2. The molecule has 4 nitrogen and oxygen atoms in total. The summed E-state index contributed by atoms with van der Waals surface area (Å²) in [5.41, 5.74) is 4.35. The number of nitrogens with zero attached hydrogens (tertiary/aromatic N) is 2. The molecule has 0 radical (unpaired) electrons. The monoisotopic (exact) mass is 344 g/mol. The minimum atomic E-state index is -0.586. The van der Waals surface area contributed by atoms with Crippen LogP contribution in [-0.4, -0.2) is 29.5 Å². The summed E-state index contributed by atoms with van der Waals surface area (Å²) in [6.45, 7) is 14.1. The Hall–Kier alpha value is -1.97. The molecule has 0 aliphatic heterocycles. The molecule has 0 fully saturated rings. The number of likely N-dealkylation sites (N-methyl/N-ethyl adjacent to an activating group) is 1. The number of hydrogen-bond acceptors (Lipinski definition) is 3. The lowest BCUT2D eigenvalue weighted by atomic mass is 9.81. The lowest BCUT2D eigenvalue weighted by Crippen LogP contribution is -2.32. The normalized spacial score (nSPS) is 13.1. The van der Waals surface area contributed by atoms with Gasteiger partial charge in [0.05, 0.1) is 0 Å². The van der Waals surface area contributed by atoms with Crippen molar-refractivity contribution in [2.24, 2.45) is 11.0 Å². The fraction of sp³-hybridized carbons (Fsp3) is 0.571. The summed E-state index contributed by atoms with van der Waals surface area (Å²) in [7, 11) is 1.53. The van der Waals surface area contributed by atoms with Crippen LogP contribution >= 0.6 is 0 Å². The Labute approximate surface area is 152 Å². The fourth-order valence-corrected chi connectivity index (χ4v) is 3.07. The molecule has 1 aromatic rings. The third-order valence-electron chi connectivity index (χ3n) is 4.83. The van der Waals surface area contributed by atoms with Crippen molar-refractivity contribution in [1.82, 2.24) is 5.01 Å². The zero-order valence-electron chi connectivity index (χ0n) is 16.9. The van der Waals surface area contributed by atoms with E-state index in [0.717, 1.165) is 40.3 Å². The molecule has 0 heterocycles. The first-order valence-electron chi connectivity index (χ1n) is 9.11. The number of hydrogen-bond donors (Lipinski definition) is 0. The first-order chi connectivity index (χ1) is 11.6. The van der Waals surface area contributed by atoms with Gasteiger partial charge in [0.15, 0.2) is 0 Å². The molecule has 0 saturated carbocycles. The van der Waals surface area contributed by atoms with Crippen LogP contribution < -0.4 is 0 Å². The van der Waals surface area contributed by atoms with Gasteiger partial charge in [-0.1, -0.05) is 51.8 Å². The average Bonchev–Trinajstić information content (AvgIpc) is 2.57. The minimum absolute atomic E-state index is 0.212. The third kappa shape index (κ3) is 5.00. The van der Waals surface area contributed by atoms with Gasteiger partial charge in [0, 0.05) is 18.3 Å². The molecule has 0 aliphatic carbocycles. The second kappa shape index (κ2) is 8.93. The Bertz CT molecular complexity index is 673. The van der Waals surface area contributed by atoms with Crippen molar-refractivity contribution in [3.05, 3.63) is 34.4 Å². The van der Waals surface area contributed by atoms with Crippen molar-refractivity contribution >= 4 is 17.4 Å². The van der Waals surface area contributed by atoms with Gasteiger partial charge >= 0.3 is 5.91 Å². The predicted octanol–water partition coefficient (Wildman–Crippen LogP) is 4.74. The van der Waals surface area contributed by atoms with E-state index in [9.17, 15) is 9.59 Å². The van der Waals surface area contributed by atoms with E-state index in [-0.39, 0.29) is 5.92 Å². The first kappa shape index (κ1) is 21.1. The zero-order chi connectivity index (χ0) is 19.3. The maximum Gasteiger partial charge on any atom is 0.314 e. The van der Waals surface area contributed by atoms with Crippen molar-refractivity contribution in [1.29, 1.82) is 0 Å². The lowest BCUT2D eigenvalue weighted by molar-refractivity contribution is -0.125. The Balaban J connectivity index is 3.48. The standard InChI is InChI=1S/C21H32N2O2/c1-9-15(6)16(7)18-12-14(5)11-17(10-2)19(18)20(24)21(25)23(8)22-13(3)4/h11-12,15-16H,9-10H2,1-8H3. The van der Waals surface area contributed by atoms with Crippen LogP contribution in [0.25, 0.3) is 0 Å². The molecule has 0 spiro atoms. The summed E-state index contributed by atoms with van der Waals surface area (Å²) in [5, 5.41) is 5.25. The van der Waals surface area contributed by atoms with E-state index in [0.29, 0.717) is 11.5 Å². The largest absolute Gasteiger partial charge is 0.314 e. The first-order valence-corrected chi connectivity index (χ1v) is 9.11. The van der Waals surface area contributed by atoms with Crippen molar-refractivity contribution in [3.8, 4) is 0 Å². The van der Waals surface area contributed by atoms with Gasteiger partial charge in [-0.05, 0) is 50.2 Å². The summed E-state index contributed by atoms with van der Waals surface area (Å²) in [5.74, 6) is -0.405. The topological polar surface area (TPSA) is 49.7 Å². The van der Waals surface area contributed by atoms with Crippen molar-refractivity contribution < 1.29 is 9.59 Å². The molecule has 2 unspecified atom stereocenters. The van der Waals surface area contributed by atoms with Gasteiger partial charge in [0.2, 0.25) is 0 Å². The number of ketones is 1. The lowest BCUT2D eigenvalue weighted by Gasteiger charge is -2.24. The van der Waals surface area contributed by atoms with E-state index < -0.39 is 11.7 Å². The molecule has 0 aliphatic rings. The zero-order valence-corrected chi connectivity index (χ0v) is 16.9. The van der Waals surface area contributed by atoms with Crippen LogP contribution in [0.4, 0.5) is 0 Å². The maximum absolute atomic E-state index is 13.0. The van der Waals surface area contributed by atoms with Gasteiger partial charge in [-0.15, -0.1) is 0 Å². The van der Waals surface area contributed by atoms with Crippen LogP contribution in [0.5, 0.6) is 0 Å². The van der Waals surface area contributed by atoms with E-state index in [1.807, 2.05) is 19.9 Å². The molecule has 0 bridgehead atoms. The quantitative estimate of drug-likeness (QED) is 0.310. The fourth-order valence-electron chi connectivity index (χ4n) is 3.07. The van der Waals surface area contributed by atoms with Crippen LogP contribution in [0.3, 0.4) is 0 Å². The molecule has 0 saturated heterocycles. The number of Topliss-reactive ketones (excluding diaryl/α,β-unsaturated/α-hetero) is 1. The highest BCUT2D eigenvalue weighted by atomic mass is 16.2. The maximum atomic E-state index is 13.0. The molecule has 25 heavy (non-hydrogen) atoms. The SMILES string of the molecule is CCc1cc(C)cc(C(C)C(C)CC)c1C(=O)C(=O)N(C)N=C(C)C. The van der Waals surface area contributed by atoms with E-state index in [4.69, 9.17) is 0 Å². The third-order valence-corrected chi connectivity index (χ3v) is 4.83. The van der Waals surface area contributed by atoms with Gasteiger partial charge in [0.1, 0.15) is 0 Å². The van der Waals surface area contributed by atoms with Crippen LogP contribution in [0.15, 0.2) is 17.2 Å². The van der Waals surface area contributed by atoms with Crippen molar-refractivity contribution in [2.75, 3.05) is 7.05 Å². The van der Waals surface area contributed by atoms with Crippen LogP contribution in [-0.2, 0) is 11.2 Å². The van der Waals surface area contributed by atoms with Crippen LogP contribution in [0.2, 0.25) is 0 Å². The number of aryl methyl sites for hydroxylation is 2. The number of rotatable bonds is 7. The number of carbonyl (C=O) groups is 2. The smallest absolute Gasteiger partial charge is 0.283 e. The molecule has 1 aromatic carbocycles. The van der Waals surface area contributed by atoms with E-state index >= 15 is 0 Å². The Kier molecular flexibility index (Phi) is 7.53. The van der Waals surface area contributed by atoms with Crippen LogP contribution in [0, 0.1) is 12.8 Å².